The molecule has 0 fully saturated rings. The van der Waals surface area contributed by atoms with Crippen LogP contribution in [0, 0.1) is 0 Å². The topological polar surface area (TPSA) is 253 Å². The van der Waals surface area contributed by atoms with Crippen LogP contribution in [0.25, 0.3) is 10.9 Å². The highest BCUT2D eigenvalue weighted by molar-refractivity contribution is 5.94. The van der Waals surface area contributed by atoms with E-state index in [1.54, 1.807) is 6.20 Å². The molecule has 16 heteroatoms. The van der Waals surface area contributed by atoms with Crippen LogP contribution in [0.1, 0.15) is 11.3 Å². The Kier molecular flexibility index (Phi) is 10.9. The SMILES string of the molecule is NCC(=O)N[C@@H](Cc1cnc[nH]1)C(=O)NCC(=O)NCC(=O)N[C@@H](Cc1c[nH]c2ccccc12)C(=O)NCC(=O)O. The van der Waals surface area contributed by atoms with Gasteiger partial charge in [0, 0.05) is 41.8 Å². The van der Waals surface area contributed by atoms with E-state index in [0.717, 1.165) is 16.5 Å². The molecule has 3 rings (SSSR count). The first-order valence-electron chi connectivity index (χ1n) is 12.5. The summed E-state index contributed by atoms with van der Waals surface area (Å²) >= 11 is 0. The number of aromatic nitrogens is 3. The number of nitrogens with zero attached hydrogens (tertiary/aromatic N) is 1. The lowest BCUT2D eigenvalue weighted by Gasteiger charge is -2.19. The zero-order chi connectivity index (χ0) is 29.8. The van der Waals surface area contributed by atoms with Crippen molar-refractivity contribution in [3.8, 4) is 0 Å². The number of nitrogens with one attached hydrogen (secondary N) is 7. The molecule has 0 radical (unpaired) electrons. The number of hydrogen-bond acceptors (Lipinski definition) is 8. The molecule has 3 aromatic rings. The van der Waals surface area contributed by atoms with Gasteiger partial charge in [0.25, 0.3) is 0 Å². The number of rotatable bonds is 15. The van der Waals surface area contributed by atoms with Gasteiger partial charge in [-0.25, -0.2) is 4.98 Å². The van der Waals surface area contributed by atoms with Crippen LogP contribution in [0.15, 0.2) is 43.0 Å². The van der Waals surface area contributed by atoms with Gasteiger partial charge >= 0.3 is 5.97 Å². The minimum Gasteiger partial charge on any atom is -0.480 e. The van der Waals surface area contributed by atoms with Crippen molar-refractivity contribution in [3.63, 3.8) is 0 Å². The summed E-state index contributed by atoms with van der Waals surface area (Å²) in [5.74, 6) is -4.61. The van der Waals surface area contributed by atoms with Gasteiger partial charge in [0.05, 0.1) is 26.0 Å². The predicted molar refractivity (Wildman–Crippen MR) is 144 cm³/mol. The Hall–Kier alpha value is -5.25. The Morgan fingerprint density at radius 2 is 1.49 bits per heavy atom. The van der Waals surface area contributed by atoms with Crippen molar-refractivity contribution in [2.45, 2.75) is 24.9 Å². The third kappa shape index (κ3) is 9.47. The zero-order valence-electron chi connectivity index (χ0n) is 21.9. The number of carbonyl (C=O) groups excluding carboxylic acids is 5. The number of nitrogens with two attached hydrogens (primary N) is 1. The number of aliphatic carboxylic acids is 1. The summed E-state index contributed by atoms with van der Waals surface area (Å²) in [5, 5.41) is 21.7. The molecule has 0 aliphatic carbocycles. The van der Waals surface area contributed by atoms with Crippen LogP contribution in [0.3, 0.4) is 0 Å². The zero-order valence-corrected chi connectivity index (χ0v) is 21.9. The van der Waals surface area contributed by atoms with E-state index in [-0.39, 0.29) is 19.4 Å². The van der Waals surface area contributed by atoms with Crippen molar-refractivity contribution < 1.29 is 33.9 Å². The number of aromatic amines is 2. The number of carboxylic acid groups (broad SMARTS) is 1. The third-order valence-electron chi connectivity index (χ3n) is 5.85. The molecule has 0 aliphatic rings. The maximum absolute atomic E-state index is 12.7. The molecular weight excluding hydrogens is 538 g/mol. The summed E-state index contributed by atoms with van der Waals surface area (Å²) in [7, 11) is 0. The highest BCUT2D eigenvalue weighted by atomic mass is 16.4. The van der Waals surface area contributed by atoms with Gasteiger partial charge in [-0.05, 0) is 11.6 Å². The Bertz CT molecular complexity index is 1390. The fourth-order valence-electron chi connectivity index (χ4n) is 3.87. The number of amides is 5. The second-order valence-electron chi connectivity index (χ2n) is 8.89. The molecule has 5 amide bonds. The van der Waals surface area contributed by atoms with Crippen molar-refractivity contribution >= 4 is 46.4 Å². The second kappa shape index (κ2) is 14.8. The van der Waals surface area contributed by atoms with Crippen LogP contribution in [-0.2, 0) is 41.6 Å². The Labute approximate surface area is 233 Å². The summed E-state index contributed by atoms with van der Waals surface area (Å²) in [4.78, 5) is 82.5. The van der Waals surface area contributed by atoms with Gasteiger partial charge in [0.15, 0.2) is 0 Å². The average molecular weight is 570 g/mol. The molecule has 0 unspecified atom stereocenters. The summed E-state index contributed by atoms with van der Waals surface area (Å²) in [6, 6.07) is 5.17. The van der Waals surface area contributed by atoms with Gasteiger partial charge in [0.2, 0.25) is 29.5 Å². The minimum atomic E-state index is -1.25. The van der Waals surface area contributed by atoms with E-state index in [4.69, 9.17) is 10.8 Å². The predicted octanol–water partition coefficient (Wildman–Crippen LogP) is -2.96. The van der Waals surface area contributed by atoms with Gasteiger partial charge in [-0.2, -0.15) is 0 Å². The molecule has 0 spiro atoms. The molecule has 0 aliphatic heterocycles. The smallest absolute Gasteiger partial charge is 0.322 e. The molecule has 0 saturated carbocycles. The summed E-state index contributed by atoms with van der Waals surface area (Å²) in [6.45, 7) is -1.99. The Morgan fingerprint density at radius 1 is 0.829 bits per heavy atom. The molecule has 218 valence electrons. The largest absolute Gasteiger partial charge is 0.480 e. The molecule has 1 aromatic carbocycles. The van der Waals surface area contributed by atoms with E-state index >= 15 is 0 Å². The second-order valence-corrected chi connectivity index (χ2v) is 8.89. The van der Waals surface area contributed by atoms with E-state index in [1.807, 2.05) is 24.3 Å². The Morgan fingerprint density at radius 3 is 2.17 bits per heavy atom. The van der Waals surface area contributed by atoms with Gasteiger partial charge in [-0.3, -0.25) is 28.8 Å². The van der Waals surface area contributed by atoms with Crippen LogP contribution < -0.4 is 32.3 Å². The van der Waals surface area contributed by atoms with Gasteiger partial charge in [-0.15, -0.1) is 0 Å². The minimum absolute atomic E-state index is 0.0530. The lowest BCUT2D eigenvalue weighted by molar-refractivity contribution is -0.138. The number of benzene rings is 1. The van der Waals surface area contributed by atoms with Crippen LogP contribution in [-0.4, -0.2) is 93.8 Å². The molecule has 41 heavy (non-hydrogen) atoms. The van der Waals surface area contributed by atoms with E-state index in [2.05, 4.69) is 41.5 Å². The number of carboxylic acids is 1. The summed E-state index contributed by atoms with van der Waals surface area (Å²) in [5.41, 5.74) is 7.42. The summed E-state index contributed by atoms with van der Waals surface area (Å²) in [6.07, 6.45) is 4.71. The van der Waals surface area contributed by atoms with E-state index in [1.165, 1.54) is 12.5 Å². The van der Waals surface area contributed by atoms with Crippen molar-refractivity contribution in [1.29, 1.82) is 0 Å². The molecule has 2 atom stereocenters. The van der Waals surface area contributed by atoms with Crippen LogP contribution >= 0.6 is 0 Å². The molecule has 0 bridgehead atoms. The maximum atomic E-state index is 12.7. The highest BCUT2D eigenvalue weighted by Crippen LogP contribution is 2.19. The van der Waals surface area contributed by atoms with Crippen molar-refractivity contribution in [2.75, 3.05) is 26.2 Å². The van der Waals surface area contributed by atoms with E-state index in [9.17, 15) is 28.8 Å². The van der Waals surface area contributed by atoms with E-state index in [0.29, 0.717) is 5.69 Å². The number of para-hydroxylation sites is 1. The third-order valence-corrected chi connectivity index (χ3v) is 5.85. The number of imidazole rings is 1. The van der Waals surface area contributed by atoms with Crippen molar-refractivity contribution in [3.05, 3.63) is 54.2 Å². The number of carbonyl (C=O) groups is 6. The van der Waals surface area contributed by atoms with Crippen LogP contribution in [0.4, 0.5) is 0 Å². The van der Waals surface area contributed by atoms with Gasteiger partial charge in [0.1, 0.15) is 18.6 Å². The lowest BCUT2D eigenvalue weighted by atomic mass is 10.0. The highest BCUT2D eigenvalue weighted by Gasteiger charge is 2.24. The first-order chi connectivity index (χ1) is 19.7. The standard InChI is InChI=1S/C25H31N9O7/c26-7-20(35)33-19(6-15-9-27-13-32-15)25(41)30-10-21(36)29-11-22(37)34-18(24(40)31-12-23(38)39)5-14-8-28-17-4-2-1-3-16(14)17/h1-4,8-9,13,18-19,28H,5-7,10-12,26H2,(H,27,32)(H,29,36)(H,30,41)(H,31,40)(H,33,35)(H,34,37)(H,38,39)/t18-,19-/m0/s1. The van der Waals surface area contributed by atoms with E-state index < -0.39 is 67.2 Å². The molecule has 2 heterocycles. The molecule has 10 N–H and O–H groups in total. The fraction of sp³-hybridized carbons (Fsp3) is 0.320. The van der Waals surface area contributed by atoms with Crippen molar-refractivity contribution in [2.24, 2.45) is 5.73 Å². The summed E-state index contributed by atoms with van der Waals surface area (Å²) < 4.78 is 0. The first kappa shape index (κ1) is 30.3. The quantitative estimate of drug-likeness (QED) is 0.0905. The fourth-order valence-corrected chi connectivity index (χ4v) is 3.87. The van der Waals surface area contributed by atoms with Gasteiger partial charge in [-0.1, -0.05) is 18.2 Å². The molecule has 0 saturated heterocycles. The lowest BCUT2D eigenvalue weighted by Crippen LogP contribution is -2.53. The monoisotopic (exact) mass is 569 g/mol. The maximum Gasteiger partial charge on any atom is 0.322 e. The average Bonchev–Trinajstić information content (AvgIpc) is 3.62. The van der Waals surface area contributed by atoms with Crippen LogP contribution in [0.2, 0.25) is 0 Å². The number of H-pyrrole nitrogens is 2. The van der Waals surface area contributed by atoms with Crippen molar-refractivity contribution in [1.82, 2.24) is 41.5 Å². The Balaban J connectivity index is 1.53. The normalized spacial score (nSPS) is 12.1. The molecular formula is C25H31N9O7. The first-order valence-corrected chi connectivity index (χ1v) is 12.5. The van der Waals surface area contributed by atoms with Gasteiger partial charge < -0.3 is 47.4 Å². The van der Waals surface area contributed by atoms with Crippen LogP contribution in [0.5, 0.6) is 0 Å². The number of fused-ring (bicyclic) bond motifs is 1. The molecule has 2 aromatic heterocycles. The molecule has 16 nitrogen and oxygen atoms in total. The number of hydrogen-bond donors (Lipinski definition) is 9.